The number of carbonyl (C=O) groups excluding carboxylic acids is 1. The number of thioether (sulfide) groups is 1. The average Bonchev–Trinajstić information content (AvgIpc) is 2.30. The lowest BCUT2D eigenvalue weighted by Crippen LogP contribution is -2.06. The Kier molecular flexibility index (Phi) is 8.82. The number of hydrogen-bond donors (Lipinski definition) is 1. The maximum Gasteiger partial charge on any atom is 0.338 e. The third kappa shape index (κ3) is 5.72. The molecule has 2 N–H and O–H groups in total. The predicted molar refractivity (Wildman–Crippen MR) is 87.2 cm³/mol. The third-order valence-corrected chi connectivity index (χ3v) is 2.59. The molecule has 1 aromatic rings. The lowest BCUT2D eigenvalue weighted by molar-refractivity contribution is 0.0526. The molecule has 0 heterocycles. The van der Waals surface area contributed by atoms with Crippen LogP contribution in [-0.2, 0) is 4.74 Å². The van der Waals surface area contributed by atoms with Crippen LogP contribution in [0.1, 0.15) is 24.2 Å². The first-order chi connectivity index (χ1) is 8.17. The number of ether oxygens (including phenoxy) is 1. The van der Waals surface area contributed by atoms with Crippen LogP contribution < -0.4 is 5.73 Å². The number of esters is 1. The lowest BCUT2D eigenvalue weighted by atomic mass is 10.2. The minimum Gasteiger partial charge on any atom is -0.462 e. The van der Waals surface area contributed by atoms with Gasteiger partial charge < -0.3 is 10.5 Å². The first-order valence-electron chi connectivity index (χ1n) is 5.41. The molecule has 4 nitrogen and oxygen atoms in total. The van der Waals surface area contributed by atoms with Crippen LogP contribution in [0.3, 0.4) is 0 Å². The quantitative estimate of drug-likeness (QED) is 0.377. The van der Waals surface area contributed by atoms with Crippen LogP contribution in [0, 0.1) is 0 Å². The summed E-state index contributed by atoms with van der Waals surface area (Å²) >= 11 is 1.48. The summed E-state index contributed by atoms with van der Waals surface area (Å²) in [6, 6.07) is 6.85. The molecule has 0 bridgehead atoms. The Morgan fingerprint density at radius 3 is 2.44 bits per heavy atom. The van der Waals surface area contributed by atoms with Crippen molar-refractivity contribution in [2.24, 2.45) is 10.7 Å². The lowest BCUT2D eigenvalue weighted by Gasteiger charge is -2.02. The molecule has 100 valence electrons. The number of hydrogen-bond acceptors (Lipinski definition) is 4. The minimum atomic E-state index is -0.320. The molecule has 0 amide bonds. The maximum atomic E-state index is 11.4. The second kappa shape index (κ2) is 9.21. The van der Waals surface area contributed by atoms with Crippen molar-refractivity contribution in [3.8, 4) is 0 Å². The molecular formula is C12H17IN2O2S. The van der Waals surface area contributed by atoms with E-state index in [4.69, 9.17) is 10.5 Å². The molecule has 0 aliphatic rings. The molecule has 0 saturated carbocycles. The van der Waals surface area contributed by atoms with Crippen LogP contribution in [0.5, 0.6) is 0 Å². The van der Waals surface area contributed by atoms with Crippen molar-refractivity contribution in [3.05, 3.63) is 29.8 Å². The van der Waals surface area contributed by atoms with Gasteiger partial charge in [0.25, 0.3) is 0 Å². The van der Waals surface area contributed by atoms with Crippen molar-refractivity contribution in [2.45, 2.75) is 13.8 Å². The van der Waals surface area contributed by atoms with Gasteiger partial charge in [-0.3, -0.25) is 0 Å². The Balaban J connectivity index is 0.00000289. The number of carbonyl (C=O) groups is 1. The largest absolute Gasteiger partial charge is 0.462 e. The van der Waals surface area contributed by atoms with Gasteiger partial charge in [0, 0.05) is 0 Å². The van der Waals surface area contributed by atoms with Gasteiger partial charge in [-0.1, -0.05) is 18.7 Å². The molecule has 0 fully saturated rings. The van der Waals surface area contributed by atoms with Gasteiger partial charge in [-0.25, -0.2) is 9.79 Å². The summed E-state index contributed by atoms with van der Waals surface area (Å²) in [6.07, 6.45) is 0. The summed E-state index contributed by atoms with van der Waals surface area (Å²) in [5.74, 6) is 0.565. The second-order valence-corrected chi connectivity index (χ2v) is 4.43. The van der Waals surface area contributed by atoms with Crippen LogP contribution in [0.4, 0.5) is 5.69 Å². The number of nitrogens with zero attached hydrogens (tertiary/aromatic N) is 1. The first-order valence-corrected chi connectivity index (χ1v) is 6.40. The molecule has 0 aliphatic carbocycles. The molecule has 1 aromatic carbocycles. The van der Waals surface area contributed by atoms with Gasteiger partial charge >= 0.3 is 5.97 Å². The van der Waals surface area contributed by atoms with E-state index in [-0.39, 0.29) is 29.9 Å². The van der Waals surface area contributed by atoms with E-state index in [0.29, 0.717) is 17.3 Å². The van der Waals surface area contributed by atoms with E-state index in [2.05, 4.69) is 4.99 Å². The number of benzene rings is 1. The van der Waals surface area contributed by atoms with Crippen LogP contribution in [0.15, 0.2) is 29.3 Å². The van der Waals surface area contributed by atoms with Crippen molar-refractivity contribution in [1.82, 2.24) is 0 Å². The molecule has 0 aliphatic heterocycles. The van der Waals surface area contributed by atoms with E-state index < -0.39 is 0 Å². The average molecular weight is 380 g/mol. The highest BCUT2D eigenvalue weighted by molar-refractivity contribution is 14.0. The van der Waals surface area contributed by atoms with E-state index in [9.17, 15) is 4.79 Å². The van der Waals surface area contributed by atoms with Crippen molar-refractivity contribution >= 4 is 52.6 Å². The fourth-order valence-electron chi connectivity index (χ4n) is 1.19. The molecule has 0 spiro atoms. The highest BCUT2D eigenvalue weighted by Crippen LogP contribution is 2.15. The van der Waals surface area contributed by atoms with E-state index in [0.717, 1.165) is 11.4 Å². The highest BCUT2D eigenvalue weighted by atomic mass is 127. The summed E-state index contributed by atoms with van der Waals surface area (Å²) in [7, 11) is 0. The molecule has 1 rings (SSSR count). The number of nitrogens with two attached hydrogens (primary N) is 1. The molecular weight excluding hydrogens is 363 g/mol. The number of halogens is 1. The standard InChI is InChI=1S/C12H16N2O2S.HI/c1-3-16-11(15)9-5-7-10(8-6-9)14-12(13)17-4-2;/h5-8H,3-4H2,1-2H3,(H2,13,14);1H. The van der Waals surface area contributed by atoms with Crippen molar-refractivity contribution < 1.29 is 9.53 Å². The SMILES string of the molecule is CCOC(=O)c1ccc(N=C(N)SCC)cc1.I. The van der Waals surface area contributed by atoms with Crippen molar-refractivity contribution in [3.63, 3.8) is 0 Å². The Morgan fingerprint density at radius 2 is 1.94 bits per heavy atom. The summed E-state index contributed by atoms with van der Waals surface area (Å²) < 4.78 is 4.88. The Morgan fingerprint density at radius 1 is 1.33 bits per heavy atom. The van der Waals surface area contributed by atoms with Gasteiger partial charge in [-0.05, 0) is 36.9 Å². The van der Waals surface area contributed by atoms with Crippen molar-refractivity contribution in [2.75, 3.05) is 12.4 Å². The van der Waals surface area contributed by atoms with Crippen LogP contribution in [-0.4, -0.2) is 23.5 Å². The highest BCUT2D eigenvalue weighted by Gasteiger charge is 2.05. The molecule has 0 saturated heterocycles. The van der Waals surface area contributed by atoms with Gasteiger partial charge in [0.1, 0.15) is 0 Å². The normalized spacial score (nSPS) is 10.7. The van der Waals surface area contributed by atoms with E-state index >= 15 is 0 Å². The second-order valence-electron chi connectivity index (χ2n) is 3.15. The van der Waals surface area contributed by atoms with E-state index in [1.165, 1.54) is 11.8 Å². The zero-order valence-corrected chi connectivity index (χ0v) is 13.5. The summed E-state index contributed by atoms with van der Waals surface area (Å²) in [5.41, 5.74) is 6.94. The zero-order chi connectivity index (χ0) is 12.7. The first kappa shape index (κ1) is 17.2. The number of aliphatic imine (C=N–C) groups is 1. The predicted octanol–water partition coefficient (Wildman–Crippen LogP) is 3.18. The summed E-state index contributed by atoms with van der Waals surface area (Å²) in [5, 5.41) is 0.524. The zero-order valence-electron chi connectivity index (χ0n) is 10.4. The summed E-state index contributed by atoms with van der Waals surface area (Å²) in [6.45, 7) is 4.16. The van der Waals surface area contributed by atoms with Gasteiger partial charge in [-0.15, -0.1) is 24.0 Å². The minimum absolute atomic E-state index is 0. The topological polar surface area (TPSA) is 64.7 Å². The van der Waals surface area contributed by atoms with Crippen LogP contribution in [0.2, 0.25) is 0 Å². The Bertz CT molecular complexity index is 407. The maximum absolute atomic E-state index is 11.4. The van der Waals surface area contributed by atoms with E-state index in [1.54, 1.807) is 31.2 Å². The van der Waals surface area contributed by atoms with Crippen molar-refractivity contribution in [1.29, 1.82) is 0 Å². The molecule has 18 heavy (non-hydrogen) atoms. The monoisotopic (exact) mass is 380 g/mol. The smallest absolute Gasteiger partial charge is 0.338 e. The third-order valence-electron chi connectivity index (χ3n) is 1.91. The van der Waals surface area contributed by atoms with Gasteiger partial charge in [0.05, 0.1) is 17.9 Å². The Hall–Kier alpha value is -0.760. The molecule has 0 radical (unpaired) electrons. The van der Waals surface area contributed by atoms with Gasteiger partial charge in [0.15, 0.2) is 5.17 Å². The molecule has 6 heteroatoms. The fourth-order valence-corrected chi connectivity index (χ4v) is 1.66. The molecule has 0 unspecified atom stereocenters. The van der Waals surface area contributed by atoms with Gasteiger partial charge in [0.2, 0.25) is 0 Å². The van der Waals surface area contributed by atoms with Gasteiger partial charge in [-0.2, -0.15) is 0 Å². The number of amidine groups is 1. The fraction of sp³-hybridized carbons (Fsp3) is 0.333. The number of rotatable bonds is 4. The van der Waals surface area contributed by atoms with E-state index in [1.807, 2.05) is 6.92 Å². The van der Waals surface area contributed by atoms with Crippen LogP contribution in [0.25, 0.3) is 0 Å². The van der Waals surface area contributed by atoms with Crippen LogP contribution >= 0.6 is 35.7 Å². The molecule has 0 atom stereocenters. The summed E-state index contributed by atoms with van der Waals surface area (Å²) in [4.78, 5) is 15.6. The Labute approximate surface area is 128 Å². The molecule has 0 aromatic heterocycles.